The van der Waals surface area contributed by atoms with Crippen molar-refractivity contribution in [1.82, 2.24) is 19.7 Å². The maximum Gasteiger partial charge on any atom is 0.280 e. The number of rotatable bonds is 7. The normalized spacial score (nSPS) is 11.9. The Bertz CT molecular complexity index is 1660. The SMILES string of the molecule is C=c1[nH]n(-c2ccc(C)c(C)c2)c(=O)/c1=C/Nc1ccc(S(=O)(=O)Nc2nccnc2OC)cc1. The van der Waals surface area contributed by atoms with Gasteiger partial charge in [0, 0.05) is 24.3 Å². The van der Waals surface area contributed by atoms with Gasteiger partial charge in [0.1, 0.15) is 0 Å². The number of hydrogen-bond donors (Lipinski definition) is 3. The van der Waals surface area contributed by atoms with Gasteiger partial charge in [-0.05, 0) is 61.4 Å². The van der Waals surface area contributed by atoms with E-state index in [1.165, 1.54) is 42.5 Å². The first-order valence-electron chi connectivity index (χ1n) is 10.5. The van der Waals surface area contributed by atoms with Gasteiger partial charge in [0.05, 0.1) is 28.3 Å². The lowest BCUT2D eigenvalue weighted by molar-refractivity contribution is 0.398. The third-order valence-electron chi connectivity index (χ3n) is 5.39. The van der Waals surface area contributed by atoms with Crippen LogP contribution in [-0.4, -0.2) is 35.3 Å². The average molecular weight is 493 g/mol. The van der Waals surface area contributed by atoms with Gasteiger partial charge in [-0.3, -0.25) is 14.6 Å². The van der Waals surface area contributed by atoms with E-state index in [9.17, 15) is 13.2 Å². The highest BCUT2D eigenvalue weighted by molar-refractivity contribution is 7.92. The average Bonchev–Trinajstić information content (AvgIpc) is 3.13. The van der Waals surface area contributed by atoms with Gasteiger partial charge in [0.15, 0.2) is 0 Å². The Morgan fingerprint density at radius 2 is 1.77 bits per heavy atom. The van der Waals surface area contributed by atoms with Crippen molar-refractivity contribution in [3.05, 3.63) is 86.9 Å². The minimum atomic E-state index is -3.92. The van der Waals surface area contributed by atoms with Gasteiger partial charge in [-0.15, -0.1) is 0 Å². The van der Waals surface area contributed by atoms with Gasteiger partial charge in [-0.1, -0.05) is 12.6 Å². The Balaban J connectivity index is 1.56. The minimum absolute atomic E-state index is 0.0129. The molecule has 0 aliphatic heterocycles. The second-order valence-corrected chi connectivity index (χ2v) is 9.43. The van der Waals surface area contributed by atoms with Crippen LogP contribution >= 0.6 is 0 Å². The van der Waals surface area contributed by atoms with E-state index in [-0.39, 0.29) is 22.2 Å². The summed E-state index contributed by atoms with van der Waals surface area (Å²) in [4.78, 5) is 20.8. The molecule has 0 spiro atoms. The lowest BCUT2D eigenvalue weighted by Crippen LogP contribution is -2.34. The highest BCUT2D eigenvalue weighted by Crippen LogP contribution is 2.22. The van der Waals surface area contributed by atoms with E-state index in [1.807, 2.05) is 32.0 Å². The molecule has 35 heavy (non-hydrogen) atoms. The minimum Gasteiger partial charge on any atom is -0.478 e. The topological polar surface area (TPSA) is 131 Å². The van der Waals surface area contributed by atoms with E-state index in [4.69, 9.17) is 4.74 Å². The van der Waals surface area contributed by atoms with Crippen molar-refractivity contribution < 1.29 is 13.2 Å². The molecule has 2 aromatic carbocycles. The van der Waals surface area contributed by atoms with Crippen LogP contribution < -0.4 is 30.9 Å². The van der Waals surface area contributed by atoms with Crippen molar-refractivity contribution in [2.75, 3.05) is 17.1 Å². The van der Waals surface area contributed by atoms with E-state index in [2.05, 4.69) is 31.7 Å². The second-order valence-electron chi connectivity index (χ2n) is 7.75. The predicted molar refractivity (Wildman–Crippen MR) is 135 cm³/mol. The fourth-order valence-electron chi connectivity index (χ4n) is 3.31. The zero-order chi connectivity index (χ0) is 25.2. The number of anilines is 2. The van der Waals surface area contributed by atoms with E-state index >= 15 is 0 Å². The van der Waals surface area contributed by atoms with Crippen LogP contribution in [0.3, 0.4) is 0 Å². The van der Waals surface area contributed by atoms with Crippen LogP contribution in [0.5, 0.6) is 5.88 Å². The lowest BCUT2D eigenvalue weighted by Gasteiger charge is -2.10. The van der Waals surface area contributed by atoms with Crippen LogP contribution in [-0.2, 0) is 10.0 Å². The molecule has 0 saturated heterocycles. The number of ether oxygens (including phenoxy) is 1. The Hall–Kier alpha value is -4.38. The molecule has 0 atom stereocenters. The summed E-state index contributed by atoms with van der Waals surface area (Å²) in [5, 5.41) is 6.81. The molecule has 0 amide bonds. The summed E-state index contributed by atoms with van der Waals surface area (Å²) in [6.07, 6.45) is 4.28. The maximum atomic E-state index is 12.9. The molecule has 0 unspecified atom stereocenters. The number of hydrogen-bond acceptors (Lipinski definition) is 7. The molecule has 0 bridgehead atoms. The van der Waals surface area contributed by atoms with Crippen molar-refractivity contribution in [3.63, 3.8) is 0 Å². The van der Waals surface area contributed by atoms with Gasteiger partial charge in [-0.2, -0.15) is 0 Å². The fraction of sp³-hybridized carbons (Fsp3) is 0.125. The van der Waals surface area contributed by atoms with Crippen molar-refractivity contribution in [2.24, 2.45) is 0 Å². The Kier molecular flexibility index (Phi) is 6.43. The molecule has 10 nitrogen and oxygen atoms in total. The molecule has 4 rings (SSSR count). The summed E-state index contributed by atoms with van der Waals surface area (Å²) >= 11 is 0. The Labute approximate surface area is 201 Å². The molecule has 2 heterocycles. The summed E-state index contributed by atoms with van der Waals surface area (Å²) < 4.78 is 34.3. The molecule has 11 heteroatoms. The van der Waals surface area contributed by atoms with Crippen LogP contribution in [0.15, 0.2) is 64.5 Å². The molecule has 2 aromatic heterocycles. The van der Waals surface area contributed by atoms with Crippen molar-refractivity contribution in [2.45, 2.75) is 18.7 Å². The summed E-state index contributed by atoms with van der Waals surface area (Å²) in [7, 11) is -2.54. The first kappa shape index (κ1) is 23.8. The van der Waals surface area contributed by atoms with Gasteiger partial charge in [0.2, 0.25) is 5.82 Å². The standard InChI is InChI=1S/C24H24N6O4S/c1-15-5-8-19(13-16(15)2)30-24(31)21(17(3)28-30)14-27-18-6-9-20(10-7-18)35(32,33)29-22-23(34-4)26-12-11-25-22/h5-14,27-28H,3H2,1-2,4H3,(H,25,29)/b21-14+. The molecule has 0 saturated carbocycles. The molecule has 0 aliphatic rings. The third-order valence-corrected chi connectivity index (χ3v) is 6.75. The quantitative estimate of drug-likeness (QED) is 0.357. The Morgan fingerprint density at radius 1 is 1.06 bits per heavy atom. The Morgan fingerprint density at radius 3 is 2.46 bits per heavy atom. The monoisotopic (exact) mass is 492 g/mol. The number of aromatic nitrogens is 4. The van der Waals surface area contributed by atoms with E-state index in [0.29, 0.717) is 21.9 Å². The molecular weight excluding hydrogens is 468 g/mol. The van der Waals surface area contributed by atoms with Crippen LogP contribution in [0.2, 0.25) is 0 Å². The summed E-state index contributed by atoms with van der Waals surface area (Å²) in [6.45, 7) is 7.91. The first-order chi connectivity index (χ1) is 16.7. The van der Waals surface area contributed by atoms with Crippen molar-refractivity contribution in [1.29, 1.82) is 0 Å². The van der Waals surface area contributed by atoms with Crippen molar-refractivity contribution >= 4 is 34.3 Å². The zero-order valence-electron chi connectivity index (χ0n) is 19.4. The van der Waals surface area contributed by atoms with Crippen LogP contribution in [0.1, 0.15) is 11.1 Å². The van der Waals surface area contributed by atoms with Crippen LogP contribution in [0, 0.1) is 13.8 Å². The summed E-state index contributed by atoms with van der Waals surface area (Å²) in [5.41, 5.74) is 3.24. The van der Waals surface area contributed by atoms with Gasteiger partial charge < -0.3 is 10.1 Å². The zero-order valence-corrected chi connectivity index (χ0v) is 20.2. The first-order valence-corrected chi connectivity index (χ1v) is 12.0. The van der Waals surface area contributed by atoms with Gasteiger partial charge in [0.25, 0.3) is 21.5 Å². The summed E-state index contributed by atoms with van der Waals surface area (Å²) in [5.74, 6) is 0.0481. The molecule has 180 valence electrons. The number of aromatic amines is 1. The lowest BCUT2D eigenvalue weighted by atomic mass is 10.1. The second kappa shape index (κ2) is 9.47. The van der Waals surface area contributed by atoms with Gasteiger partial charge in [-0.25, -0.2) is 23.1 Å². The van der Waals surface area contributed by atoms with Gasteiger partial charge >= 0.3 is 0 Å². The largest absolute Gasteiger partial charge is 0.478 e. The van der Waals surface area contributed by atoms with Crippen molar-refractivity contribution in [3.8, 4) is 11.6 Å². The van der Waals surface area contributed by atoms with E-state index < -0.39 is 10.0 Å². The smallest absolute Gasteiger partial charge is 0.280 e. The molecule has 0 radical (unpaired) electrons. The predicted octanol–water partition coefficient (Wildman–Crippen LogP) is 1.64. The van der Waals surface area contributed by atoms with E-state index in [0.717, 1.165) is 11.1 Å². The number of benzene rings is 2. The molecule has 0 fully saturated rings. The number of aryl methyl sites for hydroxylation is 2. The fourth-order valence-corrected chi connectivity index (χ4v) is 4.31. The van der Waals surface area contributed by atoms with Crippen LogP contribution in [0.25, 0.3) is 18.5 Å². The highest BCUT2D eigenvalue weighted by Gasteiger charge is 2.18. The van der Waals surface area contributed by atoms with E-state index in [1.54, 1.807) is 12.1 Å². The molecule has 0 aliphatic carbocycles. The molecule has 4 aromatic rings. The molecule has 3 N–H and O–H groups in total. The number of nitrogens with one attached hydrogen (secondary N) is 3. The number of sulfonamides is 1. The maximum absolute atomic E-state index is 12.9. The van der Waals surface area contributed by atoms with Crippen LogP contribution in [0.4, 0.5) is 11.5 Å². The number of methoxy groups -OCH3 is 1. The summed E-state index contributed by atoms with van der Waals surface area (Å²) in [6, 6.07) is 11.8. The number of nitrogens with zero attached hydrogens (tertiary/aromatic N) is 3. The highest BCUT2D eigenvalue weighted by atomic mass is 32.2. The molecular formula is C24H24N6O4S. The third kappa shape index (κ3) is 4.94. The number of H-pyrrole nitrogens is 1.